The summed E-state index contributed by atoms with van der Waals surface area (Å²) in [6.45, 7) is 6.79. The smallest absolute Gasteiger partial charge is 0.441 e. The van der Waals surface area contributed by atoms with E-state index in [2.05, 4.69) is 10.0 Å². The van der Waals surface area contributed by atoms with Crippen LogP contribution in [0.25, 0.3) is 0 Å². The van der Waals surface area contributed by atoms with E-state index in [1.165, 1.54) is 7.05 Å². The van der Waals surface area contributed by atoms with E-state index in [0.717, 1.165) is 16.3 Å². The number of anilines is 1. The number of β-amino-alcohol motifs (C(OH)–C–C–N with tert-alkyl or cyclic N) is 1. The molecule has 0 aromatic heterocycles. The van der Waals surface area contributed by atoms with Crippen molar-refractivity contribution >= 4 is 17.6 Å². The Morgan fingerprint density at radius 1 is 1.05 bits per heavy atom. The van der Waals surface area contributed by atoms with Gasteiger partial charge in [0.15, 0.2) is 0 Å². The van der Waals surface area contributed by atoms with Crippen LogP contribution in [0.2, 0.25) is 0 Å². The SMILES string of the molecule is CN1N=C(c2ccc(CN(C(=O)N3CCN(CC(C)(C)O)CC3)c3ccccc3)cc2)OC1C(F)(F)F. The van der Waals surface area contributed by atoms with Crippen molar-refractivity contribution in [3.63, 3.8) is 0 Å². The van der Waals surface area contributed by atoms with E-state index in [0.29, 0.717) is 38.3 Å². The number of carbonyl (C=O) groups is 1. The molecular formula is C26H32F3N5O3. The van der Waals surface area contributed by atoms with Gasteiger partial charge in [0, 0.05) is 51.0 Å². The fourth-order valence-electron chi connectivity index (χ4n) is 4.43. The Kier molecular flexibility index (Phi) is 7.65. The second-order valence-electron chi connectivity index (χ2n) is 9.97. The number of hydrogen-bond acceptors (Lipinski definition) is 6. The van der Waals surface area contributed by atoms with Crippen LogP contribution in [0, 0.1) is 0 Å². The Bertz CT molecular complexity index is 1100. The number of nitrogens with zero attached hydrogens (tertiary/aromatic N) is 5. The number of amides is 2. The third-order valence-corrected chi connectivity index (χ3v) is 6.18. The summed E-state index contributed by atoms with van der Waals surface area (Å²) in [6, 6.07) is 16.0. The number of piperazine rings is 1. The van der Waals surface area contributed by atoms with Crippen molar-refractivity contribution in [1.29, 1.82) is 0 Å². The summed E-state index contributed by atoms with van der Waals surface area (Å²) in [5.74, 6) is -0.101. The summed E-state index contributed by atoms with van der Waals surface area (Å²) in [5, 5.41) is 14.7. The Morgan fingerprint density at radius 2 is 1.68 bits per heavy atom. The van der Waals surface area contributed by atoms with Gasteiger partial charge in [-0.3, -0.25) is 9.80 Å². The number of para-hydroxylation sites is 1. The number of urea groups is 1. The number of ether oxygens (including phenoxy) is 1. The first kappa shape index (κ1) is 26.7. The van der Waals surface area contributed by atoms with E-state index in [1.54, 1.807) is 47.9 Å². The maximum absolute atomic E-state index is 13.6. The molecule has 2 aromatic rings. The molecule has 8 nitrogen and oxygen atoms in total. The van der Waals surface area contributed by atoms with Crippen LogP contribution in [0.4, 0.5) is 23.7 Å². The van der Waals surface area contributed by atoms with Gasteiger partial charge in [0.1, 0.15) is 0 Å². The van der Waals surface area contributed by atoms with Crippen molar-refractivity contribution in [2.45, 2.75) is 38.4 Å². The number of rotatable bonds is 6. The van der Waals surface area contributed by atoms with Crippen molar-refractivity contribution in [2.75, 3.05) is 44.7 Å². The van der Waals surface area contributed by atoms with Crippen molar-refractivity contribution in [3.8, 4) is 0 Å². The minimum Gasteiger partial charge on any atom is -0.441 e. The molecule has 37 heavy (non-hydrogen) atoms. The monoisotopic (exact) mass is 519 g/mol. The fourth-order valence-corrected chi connectivity index (χ4v) is 4.43. The van der Waals surface area contributed by atoms with Crippen LogP contribution in [0.3, 0.4) is 0 Å². The summed E-state index contributed by atoms with van der Waals surface area (Å²) in [4.78, 5) is 19.2. The topological polar surface area (TPSA) is 71.9 Å². The number of hydrogen-bond donors (Lipinski definition) is 1. The molecule has 0 saturated carbocycles. The van der Waals surface area contributed by atoms with Gasteiger partial charge in [-0.15, -0.1) is 5.10 Å². The van der Waals surface area contributed by atoms with Crippen molar-refractivity contribution in [1.82, 2.24) is 14.8 Å². The molecular weight excluding hydrogens is 487 g/mol. The maximum Gasteiger partial charge on any atom is 0.447 e. The molecule has 0 aliphatic carbocycles. The summed E-state index contributed by atoms with van der Waals surface area (Å²) in [5.41, 5.74) is 1.17. The van der Waals surface area contributed by atoms with Gasteiger partial charge in [0.05, 0.1) is 12.1 Å². The van der Waals surface area contributed by atoms with E-state index < -0.39 is 18.0 Å². The van der Waals surface area contributed by atoms with Gasteiger partial charge >= 0.3 is 12.2 Å². The number of carbonyl (C=O) groups excluding carboxylic acids is 1. The second kappa shape index (κ2) is 10.6. The van der Waals surface area contributed by atoms with Gasteiger partial charge in [-0.1, -0.05) is 30.3 Å². The van der Waals surface area contributed by atoms with Crippen molar-refractivity contribution in [3.05, 3.63) is 65.7 Å². The summed E-state index contributed by atoms with van der Waals surface area (Å²) in [7, 11) is 1.22. The first-order valence-corrected chi connectivity index (χ1v) is 12.1. The zero-order valence-electron chi connectivity index (χ0n) is 21.1. The van der Waals surface area contributed by atoms with Crippen molar-refractivity contribution < 1.29 is 27.8 Å². The minimum absolute atomic E-state index is 0.101. The molecule has 2 aromatic carbocycles. The Morgan fingerprint density at radius 3 is 2.22 bits per heavy atom. The molecule has 200 valence electrons. The Labute approximate surface area is 214 Å². The lowest BCUT2D eigenvalue weighted by atomic mass is 10.1. The minimum atomic E-state index is -4.56. The molecule has 1 atom stereocenters. The molecule has 11 heteroatoms. The lowest BCUT2D eigenvalue weighted by Crippen LogP contribution is -2.54. The van der Waals surface area contributed by atoms with Crippen LogP contribution in [-0.2, 0) is 11.3 Å². The van der Waals surface area contributed by atoms with Gasteiger partial charge in [-0.05, 0) is 43.7 Å². The predicted molar refractivity (Wildman–Crippen MR) is 134 cm³/mol. The largest absolute Gasteiger partial charge is 0.447 e. The average Bonchev–Trinajstić information content (AvgIpc) is 3.25. The predicted octanol–water partition coefficient (Wildman–Crippen LogP) is 3.71. The van der Waals surface area contributed by atoms with Gasteiger partial charge in [0.25, 0.3) is 6.23 Å². The van der Waals surface area contributed by atoms with E-state index >= 15 is 0 Å². The van der Waals surface area contributed by atoms with Gasteiger partial charge in [-0.25, -0.2) is 9.80 Å². The lowest BCUT2D eigenvalue weighted by molar-refractivity contribution is -0.230. The number of alkyl halides is 3. The first-order chi connectivity index (χ1) is 17.4. The van der Waals surface area contributed by atoms with E-state index in [1.807, 2.05) is 30.3 Å². The zero-order valence-corrected chi connectivity index (χ0v) is 21.1. The molecule has 4 rings (SSSR count). The normalized spacial score (nSPS) is 19.0. The Hall–Kier alpha value is -3.31. The third-order valence-electron chi connectivity index (χ3n) is 6.18. The van der Waals surface area contributed by atoms with Crippen molar-refractivity contribution in [2.24, 2.45) is 5.10 Å². The highest BCUT2D eigenvalue weighted by Crippen LogP contribution is 2.30. The molecule has 1 N–H and O–H groups in total. The molecule has 0 bridgehead atoms. The van der Waals surface area contributed by atoms with Crippen LogP contribution >= 0.6 is 0 Å². The quantitative estimate of drug-likeness (QED) is 0.630. The highest BCUT2D eigenvalue weighted by atomic mass is 19.4. The van der Waals surface area contributed by atoms with Gasteiger partial charge in [0.2, 0.25) is 5.90 Å². The molecule has 0 spiro atoms. The Balaban J connectivity index is 1.46. The standard InChI is InChI=1S/C26H32F3N5O3/c1-25(2,36)18-32-13-15-33(16-14-32)24(35)34(21-7-5-4-6-8-21)17-19-9-11-20(12-10-19)22-30-31(3)23(37-22)26(27,28)29/h4-12,23,36H,13-18H2,1-3H3. The lowest BCUT2D eigenvalue weighted by Gasteiger charge is -2.39. The fraction of sp³-hybridized carbons (Fsp3) is 0.462. The van der Waals surface area contributed by atoms with Crippen LogP contribution in [0.5, 0.6) is 0 Å². The third kappa shape index (κ3) is 6.72. The molecule has 2 amide bonds. The highest BCUT2D eigenvalue weighted by molar-refractivity contribution is 5.95. The van der Waals surface area contributed by atoms with E-state index in [9.17, 15) is 23.1 Å². The molecule has 2 aliphatic heterocycles. The summed E-state index contributed by atoms with van der Waals surface area (Å²) < 4.78 is 44.3. The number of benzene rings is 2. The van der Waals surface area contributed by atoms with Gasteiger partial charge < -0.3 is 14.7 Å². The first-order valence-electron chi connectivity index (χ1n) is 12.1. The number of aliphatic hydroxyl groups is 1. The summed E-state index contributed by atoms with van der Waals surface area (Å²) >= 11 is 0. The molecule has 1 unspecified atom stereocenters. The average molecular weight is 520 g/mol. The maximum atomic E-state index is 13.6. The molecule has 1 fully saturated rings. The molecule has 2 aliphatic rings. The molecule has 2 heterocycles. The number of hydrazone groups is 1. The van der Waals surface area contributed by atoms with Gasteiger partial charge in [-0.2, -0.15) is 13.2 Å². The highest BCUT2D eigenvalue weighted by Gasteiger charge is 2.48. The zero-order chi connectivity index (χ0) is 26.8. The van der Waals surface area contributed by atoms with E-state index in [-0.39, 0.29) is 18.5 Å². The molecule has 1 saturated heterocycles. The molecule has 0 radical (unpaired) electrons. The second-order valence-corrected chi connectivity index (χ2v) is 9.97. The number of halogens is 3. The van der Waals surface area contributed by atoms with Crippen LogP contribution < -0.4 is 4.90 Å². The van der Waals surface area contributed by atoms with Crippen LogP contribution in [0.15, 0.2) is 59.7 Å². The summed E-state index contributed by atoms with van der Waals surface area (Å²) in [6.07, 6.45) is -6.67. The van der Waals surface area contributed by atoms with Crippen LogP contribution in [-0.4, -0.2) is 89.6 Å². The van der Waals surface area contributed by atoms with E-state index in [4.69, 9.17) is 4.74 Å². The van der Waals surface area contributed by atoms with Crippen LogP contribution in [0.1, 0.15) is 25.0 Å².